The standard InChI is InChI=1S/C21H18ClNO2/c1-15-7-8-17(13-20(15)22)21(24)23-18-9-11-19(12-10-18)25-14-16-5-3-2-4-6-16/h2-13H,14H2,1H3,(H,23,24). The zero-order valence-corrected chi connectivity index (χ0v) is 14.6. The molecule has 0 saturated heterocycles. The van der Waals surface area contributed by atoms with Crippen LogP contribution in [0.15, 0.2) is 72.8 Å². The van der Waals surface area contributed by atoms with Crippen molar-refractivity contribution >= 4 is 23.2 Å². The number of carbonyl (C=O) groups is 1. The van der Waals surface area contributed by atoms with Crippen LogP contribution in [0.25, 0.3) is 0 Å². The summed E-state index contributed by atoms with van der Waals surface area (Å²) in [5.74, 6) is 0.556. The van der Waals surface area contributed by atoms with Gasteiger partial charge in [-0.25, -0.2) is 0 Å². The van der Waals surface area contributed by atoms with Gasteiger partial charge < -0.3 is 10.1 Å². The lowest BCUT2D eigenvalue weighted by Gasteiger charge is -2.09. The summed E-state index contributed by atoms with van der Waals surface area (Å²) >= 11 is 6.07. The number of halogens is 1. The quantitative estimate of drug-likeness (QED) is 0.661. The smallest absolute Gasteiger partial charge is 0.255 e. The Bertz CT molecular complexity index is 861. The number of ether oxygens (including phenoxy) is 1. The Morgan fingerprint density at radius 2 is 1.72 bits per heavy atom. The van der Waals surface area contributed by atoms with E-state index in [-0.39, 0.29) is 5.91 Å². The summed E-state index contributed by atoms with van der Waals surface area (Å²) in [6.07, 6.45) is 0. The van der Waals surface area contributed by atoms with Gasteiger partial charge in [-0.3, -0.25) is 4.79 Å². The second kappa shape index (κ2) is 7.86. The lowest BCUT2D eigenvalue weighted by Crippen LogP contribution is -2.11. The molecule has 0 atom stereocenters. The van der Waals surface area contributed by atoms with Crippen LogP contribution in [-0.4, -0.2) is 5.91 Å². The van der Waals surface area contributed by atoms with E-state index in [1.54, 1.807) is 12.1 Å². The molecule has 0 unspecified atom stereocenters. The van der Waals surface area contributed by atoms with Crippen LogP contribution in [0.5, 0.6) is 5.75 Å². The molecule has 126 valence electrons. The third-order valence-corrected chi connectivity index (χ3v) is 4.20. The van der Waals surface area contributed by atoms with Gasteiger partial charge >= 0.3 is 0 Å². The van der Waals surface area contributed by atoms with Gasteiger partial charge in [0.1, 0.15) is 12.4 Å². The average molecular weight is 352 g/mol. The van der Waals surface area contributed by atoms with Gasteiger partial charge in [0.25, 0.3) is 5.91 Å². The molecule has 0 fully saturated rings. The maximum Gasteiger partial charge on any atom is 0.255 e. The third kappa shape index (κ3) is 4.61. The molecular formula is C21H18ClNO2. The maximum atomic E-state index is 12.3. The van der Waals surface area contributed by atoms with E-state index in [9.17, 15) is 4.79 Å². The Labute approximate surface area is 152 Å². The van der Waals surface area contributed by atoms with Crippen molar-refractivity contribution in [3.8, 4) is 5.75 Å². The van der Waals surface area contributed by atoms with Crippen molar-refractivity contribution < 1.29 is 9.53 Å². The molecule has 4 heteroatoms. The Morgan fingerprint density at radius 3 is 2.40 bits per heavy atom. The van der Waals surface area contributed by atoms with Gasteiger partial charge in [-0.15, -0.1) is 0 Å². The Morgan fingerprint density at radius 1 is 1.00 bits per heavy atom. The van der Waals surface area contributed by atoms with Crippen molar-refractivity contribution in [2.75, 3.05) is 5.32 Å². The topological polar surface area (TPSA) is 38.3 Å². The highest BCUT2D eigenvalue weighted by Gasteiger charge is 2.08. The van der Waals surface area contributed by atoms with Crippen LogP contribution >= 0.6 is 11.6 Å². The van der Waals surface area contributed by atoms with E-state index in [2.05, 4.69) is 5.32 Å². The lowest BCUT2D eigenvalue weighted by molar-refractivity contribution is 0.102. The molecule has 0 aliphatic rings. The van der Waals surface area contributed by atoms with Gasteiger partial charge in [-0.05, 0) is 54.4 Å². The fourth-order valence-corrected chi connectivity index (χ4v) is 2.49. The highest BCUT2D eigenvalue weighted by Crippen LogP contribution is 2.20. The number of nitrogens with one attached hydrogen (secondary N) is 1. The molecule has 0 radical (unpaired) electrons. The minimum Gasteiger partial charge on any atom is -0.489 e. The van der Waals surface area contributed by atoms with E-state index in [1.165, 1.54) is 0 Å². The summed E-state index contributed by atoms with van der Waals surface area (Å²) < 4.78 is 5.74. The summed E-state index contributed by atoms with van der Waals surface area (Å²) in [5.41, 5.74) is 3.28. The number of rotatable bonds is 5. The fraction of sp³-hybridized carbons (Fsp3) is 0.0952. The molecule has 3 rings (SSSR count). The molecule has 0 heterocycles. The second-order valence-corrected chi connectivity index (χ2v) is 6.12. The Hall–Kier alpha value is -2.78. The lowest BCUT2D eigenvalue weighted by atomic mass is 10.1. The molecule has 1 N–H and O–H groups in total. The minimum absolute atomic E-state index is 0.195. The van der Waals surface area contributed by atoms with Crippen LogP contribution in [-0.2, 0) is 6.61 Å². The number of hydrogen-bond acceptors (Lipinski definition) is 2. The molecule has 25 heavy (non-hydrogen) atoms. The van der Waals surface area contributed by atoms with Gasteiger partial charge in [0, 0.05) is 16.3 Å². The van der Waals surface area contributed by atoms with Gasteiger partial charge in [-0.2, -0.15) is 0 Å². The van der Waals surface area contributed by atoms with Gasteiger partial charge in [0.2, 0.25) is 0 Å². The number of carbonyl (C=O) groups excluding carboxylic acids is 1. The van der Waals surface area contributed by atoms with Crippen LogP contribution in [0.2, 0.25) is 5.02 Å². The van der Waals surface area contributed by atoms with Crippen molar-refractivity contribution in [2.45, 2.75) is 13.5 Å². The van der Waals surface area contributed by atoms with Crippen LogP contribution < -0.4 is 10.1 Å². The van der Waals surface area contributed by atoms with E-state index >= 15 is 0 Å². The van der Waals surface area contributed by atoms with Crippen molar-refractivity contribution in [3.05, 3.63) is 94.5 Å². The predicted molar refractivity (Wildman–Crippen MR) is 101 cm³/mol. The first-order valence-corrected chi connectivity index (χ1v) is 8.34. The van der Waals surface area contributed by atoms with E-state index < -0.39 is 0 Å². The Balaban J connectivity index is 1.60. The summed E-state index contributed by atoms with van der Waals surface area (Å²) in [6.45, 7) is 2.41. The zero-order chi connectivity index (χ0) is 17.6. The van der Waals surface area contributed by atoms with Crippen LogP contribution in [0.1, 0.15) is 21.5 Å². The van der Waals surface area contributed by atoms with E-state index in [1.807, 2.05) is 67.6 Å². The molecule has 3 aromatic carbocycles. The normalized spacial score (nSPS) is 10.3. The number of aryl methyl sites for hydroxylation is 1. The first-order chi connectivity index (χ1) is 12.1. The van der Waals surface area contributed by atoms with Gasteiger partial charge in [0.15, 0.2) is 0 Å². The first-order valence-electron chi connectivity index (χ1n) is 7.96. The number of benzene rings is 3. The van der Waals surface area contributed by atoms with Crippen molar-refractivity contribution in [1.82, 2.24) is 0 Å². The molecule has 1 amide bonds. The minimum atomic E-state index is -0.195. The van der Waals surface area contributed by atoms with Crippen molar-refractivity contribution in [1.29, 1.82) is 0 Å². The van der Waals surface area contributed by atoms with Gasteiger partial charge in [0.05, 0.1) is 0 Å². The van der Waals surface area contributed by atoms with E-state index in [0.29, 0.717) is 22.9 Å². The third-order valence-electron chi connectivity index (χ3n) is 3.79. The van der Waals surface area contributed by atoms with E-state index in [4.69, 9.17) is 16.3 Å². The monoisotopic (exact) mass is 351 g/mol. The molecule has 0 spiro atoms. The summed E-state index contributed by atoms with van der Waals surface area (Å²) in [6, 6.07) is 22.5. The van der Waals surface area contributed by atoms with Crippen LogP contribution in [0.3, 0.4) is 0 Å². The number of amides is 1. The van der Waals surface area contributed by atoms with Crippen molar-refractivity contribution in [2.24, 2.45) is 0 Å². The Kier molecular flexibility index (Phi) is 5.36. The zero-order valence-electron chi connectivity index (χ0n) is 13.8. The first kappa shape index (κ1) is 17.1. The predicted octanol–water partition coefficient (Wildman–Crippen LogP) is 5.48. The average Bonchev–Trinajstić information content (AvgIpc) is 2.64. The molecule has 0 aromatic heterocycles. The number of hydrogen-bond donors (Lipinski definition) is 1. The van der Waals surface area contributed by atoms with Crippen molar-refractivity contribution in [3.63, 3.8) is 0 Å². The highest BCUT2D eigenvalue weighted by molar-refractivity contribution is 6.31. The van der Waals surface area contributed by atoms with Crippen LogP contribution in [0.4, 0.5) is 5.69 Å². The largest absolute Gasteiger partial charge is 0.489 e. The van der Waals surface area contributed by atoms with Crippen LogP contribution in [0, 0.1) is 6.92 Å². The molecule has 3 aromatic rings. The van der Waals surface area contributed by atoms with Gasteiger partial charge in [-0.1, -0.05) is 48.0 Å². The maximum absolute atomic E-state index is 12.3. The summed E-state index contributed by atoms with van der Waals surface area (Å²) in [7, 11) is 0. The molecule has 0 bridgehead atoms. The van der Waals surface area contributed by atoms with E-state index in [0.717, 1.165) is 16.9 Å². The SMILES string of the molecule is Cc1ccc(C(=O)Nc2ccc(OCc3ccccc3)cc2)cc1Cl. The highest BCUT2D eigenvalue weighted by atomic mass is 35.5. The second-order valence-electron chi connectivity index (χ2n) is 5.72. The molecule has 0 aliphatic carbocycles. The summed E-state index contributed by atoms with van der Waals surface area (Å²) in [5, 5.41) is 3.43. The molecule has 3 nitrogen and oxygen atoms in total. The molecule has 0 saturated carbocycles. The number of anilines is 1. The summed E-state index contributed by atoms with van der Waals surface area (Å²) in [4.78, 5) is 12.3. The fourth-order valence-electron chi connectivity index (χ4n) is 2.31. The molecule has 0 aliphatic heterocycles. The molecular weight excluding hydrogens is 334 g/mol.